The van der Waals surface area contributed by atoms with Gasteiger partial charge in [-0.05, 0) is 23.8 Å². The lowest BCUT2D eigenvalue weighted by Gasteiger charge is -2.18. The van der Waals surface area contributed by atoms with Crippen LogP contribution in [-0.4, -0.2) is 17.5 Å². The smallest absolute Gasteiger partial charge is 0.325 e. The van der Waals surface area contributed by atoms with Crippen molar-refractivity contribution >= 4 is 29.2 Å². The van der Waals surface area contributed by atoms with Gasteiger partial charge in [0.25, 0.3) is 0 Å². The standard InChI is InChI=1S/C26H21F6NO3/c1-3-22(34)14(2)11-16-8-10-18-19(24(16)36)5-4-6-21(18)33-23(35)12-15-7-9-17(25(27,28)29)13-20(15)26(30,31)32/h4-11,13-14H,3,12H2,1-2H3,(H,33,35)/b16-11+/t14-/m0/s1. The zero-order valence-corrected chi connectivity index (χ0v) is 19.2. The SMILES string of the molecule is CCC(=O)[C@@H](C)/C=C1\C=Cc2c(NC(=O)Cc3ccc(C(F)(F)F)cc3C(F)(F)F)cccc2C1=O. The lowest BCUT2D eigenvalue weighted by molar-refractivity contribution is -0.143. The summed E-state index contributed by atoms with van der Waals surface area (Å²) in [7, 11) is 0. The summed E-state index contributed by atoms with van der Waals surface area (Å²) in [5, 5.41) is 2.44. The number of hydrogen-bond acceptors (Lipinski definition) is 3. The number of Topliss-reactive ketones (excluding diaryl/α,β-unsaturated/α-hetero) is 2. The van der Waals surface area contributed by atoms with E-state index in [1.165, 1.54) is 24.3 Å². The van der Waals surface area contributed by atoms with Gasteiger partial charge in [-0.15, -0.1) is 0 Å². The summed E-state index contributed by atoms with van der Waals surface area (Å²) in [5.41, 5.74) is -2.65. The molecular weight excluding hydrogens is 488 g/mol. The second kappa shape index (κ2) is 10.1. The molecule has 0 saturated heterocycles. The van der Waals surface area contributed by atoms with E-state index in [-0.39, 0.29) is 28.9 Å². The fourth-order valence-corrected chi connectivity index (χ4v) is 3.81. The Morgan fingerprint density at radius 1 is 1.00 bits per heavy atom. The van der Waals surface area contributed by atoms with Crippen molar-refractivity contribution in [2.24, 2.45) is 5.92 Å². The highest BCUT2D eigenvalue weighted by molar-refractivity contribution is 6.17. The van der Waals surface area contributed by atoms with Crippen LogP contribution in [0.1, 0.15) is 52.9 Å². The van der Waals surface area contributed by atoms with E-state index in [0.717, 1.165) is 0 Å². The maximum absolute atomic E-state index is 13.4. The molecule has 190 valence electrons. The number of allylic oxidation sites excluding steroid dienone is 3. The molecule has 0 unspecified atom stereocenters. The number of fused-ring (bicyclic) bond motifs is 1. The first-order valence-electron chi connectivity index (χ1n) is 10.9. The fourth-order valence-electron chi connectivity index (χ4n) is 3.81. The van der Waals surface area contributed by atoms with Crippen LogP contribution >= 0.6 is 0 Å². The highest BCUT2D eigenvalue weighted by Gasteiger charge is 2.38. The largest absolute Gasteiger partial charge is 0.416 e. The Morgan fingerprint density at radius 3 is 2.31 bits per heavy atom. The number of anilines is 1. The predicted octanol–water partition coefficient (Wildman–Crippen LogP) is 6.66. The van der Waals surface area contributed by atoms with E-state index in [2.05, 4.69) is 5.32 Å². The number of alkyl halides is 6. The highest BCUT2D eigenvalue weighted by atomic mass is 19.4. The van der Waals surface area contributed by atoms with Crippen molar-refractivity contribution in [3.63, 3.8) is 0 Å². The van der Waals surface area contributed by atoms with Crippen LogP contribution in [0.2, 0.25) is 0 Å². The summed E-state index contributed by atoms with van der Waals surface area (Å²) in [6.07, 6.45) is -6.03. The fraction of sp³-hybridized carbons (Fsp3) is 0.269. The summed E-state index contributed by atoms with van der Waals surface area (Å²) in [5.74, 6) is -1.81. The van der Waals surface area contributed by atoms with Crippen molar-refractivity contribution in [2.75, 3.05) is 5.32 Å². The molecule has 1 amide bonds. The van der Waals surface area contributed by atoms with Crippen molar-refractivity contribution in [3.8, 4) is 0 Å². The minimum absolute atomic E-state index is 0.0213. The van der Waals surface area contributed by atoms with Gasteiger partial charge in [-0.2, -0.15) is 26.3 Å². The lowest BCUT2D eigenvalue weighted by atomic mass is 9.88. The van der Waals surface area contributed by atoms with Gasteiger partial charge in [0.2, 0.25) is 5.91 Å². The second-order valence-electron chi connectivity index (χ2n) is 8.25. The second-order valence-corrected chi connectivity index (χ2v) is 8.25. The summed E-state index contributed by atoms with van der Waals surface area (Å²) in [6.45, 7) is 3.38. The first-order valence-corrected chi connectivity index (χ1v) is 10.9. The Bertz CT molecular complexity index is 1270. The zero-order valence-electron chi connectivity index (χ0n) is 19.2. The van der Waals surface area contributed by atoms with E-state index in [9.17, 15) is 40.7 Å². The van der Waals surface area contributed by atoms with Crippen molar-refractivity contribution in [3.05, 3.63) is 81.9 Å². The molecule has 10 heteroatoms. The number of halogens is 6. The molecule has 0 aromatic heterocycles. The quantitative estimate of drug-likeness (QED) is 0.350. The zero-order chi connectivity index (χ0) is 26.8. The molecule has 0 heterocycles. The van der Waals surface area contributed by atoms with Gasteiger partial charge in [-0.3, -0.25) is 14.4 Å². The van der Waals surface area contributed by atoms with Crippen LogP contribution in [0, 0.1) is 5.92 Å². The first-order chi connectivity index (χ1) is 16.7. The van der Waals surface area contributed by atoms with Gasteiger partial charge in [-0.25, -0.2) is 0 Å². The van der Waals surface area contributed by atoms with E-state index >= 15 is 0 Å². The van der Waals surface area contributed by atoms with E-state index in [4.69, 9.17) is 0 Å². The van der Waals surface area contributed by atoms with Crippen LogP contribution in [0.3, 0.4) is 0 Å². The molecule has 0 bridgehead atoms. The number of carbonyl (C=O) groups is 3. The number of nitrogens with one attached hydrogen (secondary N) is 1. The van der Waals surface area contributed by atoms with E-state index in [0.29, 0.717) is 29.7 Å². The molecular formula is C26H21F6NO3. The summed E-state index contributed by atoms with van der Waals surface area (Å²) in [6, 6.07) is 5.53. The van der Waals surface area contributed by atoms with E-state index < -0.39 is 47.3 Å². The predicted molar refractivity (Wildman–Crippen MR) is 121 cm³/mol. The number of benzene rings is 2. The van der Waals surface area contributed by atoms with Crippen molar-refractivity contribution in [1.29, 1.82) is 0 Å². The number of amides is 1. The minimum Gasteiger partial charge on any atom is -0.325 e. The van der Waals surface area contributed by atoms with E-state index in [1.54, 1.807) is 26.0 Å². The number of rotatable bonds is 6. The molecule has 2 aromatic carbocycles. The van der Waals surface area contributed by atoms with Gasteiger partial charge in [0.1, 0.15) is 5.78 Å². The van der Waals surface area contributed by atoms with Gasteiger partial charge < -0.3 is 5.32 Å². The van der Waals surface area contributed by atoms with Gasteiger partial charge in [0.05, 0.1) is 17.5 Å². The Hall–Kier alpha value is -3.69. The molecule has 1 aliphatic carbocycles. The van der Waals surface area contributed by atoms with Crippen LogP contribution in [0.25, 0.3) is 6.08 Å². The molecule has 0 aliphatic heterocycles. The van der Waals surface area contributed by atoms with Gasteiger partial charge in [-0.1, -0.05) is 50.3 Å². The Balaban J connectivity index is 1.86. The molecule has 2 aromatic rings. The third kappa shape index (κ3) is 5.92. The summed E-state index contributed by atoms with van der Waals surface area (Å²) >= 11 is 0. The van der Waals surface area contributed by atoms with Gasteiger partial charge in [0, 0.05) is 34.7 Å². The monoisotopic (exact) mass is 509 g/mol. The van der Waals surface area contributed by atoms with Crippen molar-refractivity contribution in [2.45, 2.75) is 39.0 Å². The molecule has 1 atom stereocenters. The average Bonchev–Trinajstić information content (AvgIpc) is 2.79. The van der Waals surface area contributed by atoms with E-state index in [1.807, 2.05) is 0 Å². The first kappa shape index (κ1) is 26.9. The van der Waals surface area contributed by atoms with Crippen molar-refractivity contribution in [1.82, 2.24) is 0 Å². The Morgan fingerprint density at radius 2 is 1.69 bits per heavy atom. The Labute approximate surface area is 202 Å². The molecule has 0 spiro atoms. The van der Waals surface area contributed by atoms with Gasteiger partial charge >= 0.3 is 12.4 Å². The topological polar surface area (TPSA) is 63.2 Å². The lowest BCUT2D eigenvalue weighted by Crippen LogP contribution is -2.20. The van der Waals surface area contributed by atoms with Crippen LogP contribution in [0.4, 0.5) is 32.0 Å². The molecule has 1 N–H and O–H groups in total. The third-order valence-corrected chi connectivity index (χ3v) is 5.70. The van der Waals surface area contributed by atoms with Crippen LogP contribution in [0.15, 0.2) is 54.1 Å². The average molecular weight is 509 g/mol. The van der Waals surface area contributed by atoms with Crippen LogP contribution in [-0.2, 0) is 28.4 Å². The maximum atomic E-state index is 13.4. The van der Waals surface area contributed by atoms with Crippen LogP contribution < -0.4 is 5.32 Å². The Kier molecular flexibility index (Phi) is 7.56. The highest BCUT2D eigenvalue weighted by Crippen LogP contribution is 2.38. The van der Waals surface area contributed by atoms with Gasteiger partial charge in [0.15, 0.2) is 5.78 Å². The number of hydrogen-bond donors (Lipinski definition) is 1. The third-order valence-electron chi connectivity index (χ3n) is 5.70. The number of carbonyl (C=O) groups excluding carboxylic acids is 3. The minimum atomic E-state index is -5.10. The molecule has 3 rings (SSSR count). The summed E-state index contributed by atoms with van der Waals surface area (Å²) in [4.78, 5) is 37.3. The molecule has 0 fully saturated rings. The number of ketones is 2. The van der Waals surface area contributed by atoms with Crippen LogP contribution in [0.5, 0.6) is 0 Å². The molecule has 36 heavy (non-hydrogen) atoms. The molecule has 0 radical (unpaired) electrons. The normalized spacial score (nSPS) is 15.6. The molecule has 4 nitrogen and oxygen atoms in total. The molecule has 1 aliphatic rings. The van der Waals surface area contributed by atoms with Crippen molar-refractivity contribution < 1.29 is 40.7 Å². The summed E-state index contributed by atoms with van der Waals surface area (Å²) < 4.78 is 78.8. The molecule has 0 saturated carbocycles. The maximum Gasteiger partial charge on any atom is 0.416 e.